The molecule has 92 valence electrons. The van der Waals surface area contributed by atoms with Crippen molar-refractivity contribution >= 4 is 6.03 Å². The minimum atomic E-state index is -4.94. The van der Waals surface area contributed by atoms with E-state index in [0.717, 1.165) is 0 Å². The molecule has 0 aliphatic heterocycles. The van der Waals surface area contributed by atoms with Gasteiger partial charge < -0.3 is 4.90 Å². The minimum absolute atomic E-state index is 0.0365. The molecule has 0 radical (unpaired) electrons. The number of carbonyl (C=O) groups excluding carboxylic acids is 1. The smallest absolute Gasteiger partial charge is 0.310 e. The maximum atomic E-state index is 11.2. The number of carbonyl (C=O) groups is 1. The third kappa shape index (κ3) is 7.15. The highest BCUT2D eigenvalue weighted by Crippen LogP contribution is 1.87. The second kappa shape index (κ2) is 5.77. The molecular weight excluding hydrogens is 242 g/mol. The van der Waals surface area contributed by atoms with Crippen molar-refractivity contribution in [3.8, 4) is 0 Å². The van der Waals surface area contributed by atoms with Crippen LogP contribution in [0.25, 0.3) is 0 Å². The topological polar surface area (TPSA) is 121 Å². The van der Waals surface area contributed by atoms with Crippen LogP contribution >= 0.6 is 0 Å². The number of imidazole rings is 1. The molecule has 0 atom stereocenters. The third-order valence-corrected chi connectivity index (χ3v) is 1.37. The molecule has 0 saturated carbocycles. The summed E-state index contributed by atoms with van der Waals surface area (Å²) in [5.74, 6) is 0. The van der Waals surface area contributed by atoms with Gasteiger partial charge in [-0.25, -0.2) is 28.0 Å². The summed E-state index contributed by atoms with van der Waals surface area (Å²) >= 11 is 0. The predicted octanol–water partition coefficient (Wildman–Crippen LogP) is -4.91. The highest BCUT2D eigenvalue weighted by atomic mass is 35.7. The Morgan fingerprint density at radius 3 is 2.00 bits per heavy atom. The molecule has 0 aromatic carbocycles. The zero-order valence-electron chi connectivity index (χ0n) is 8.99. The van der Waals surface area contributed by atoms with Crippen molar-refractivity contribution in [2.24, 2.45) is 7.05 Å². The summed E-state index contributed by atoms with van der Waals surface area (Å²) in [5, 5.41) is 0. The zero-order valence-corrected chi connectivity index (χ0v) is 9.75. The van der Waals surface area contributed by atoms with Gasteiger partial charge >= 0.3 is 6.03 Å². The summed E-state index contributed by atoms with van der Waals surface area (Å²) in [6, 6.07) is -0.0365. The second-order valence-electron chi connectivity index (χ2n) is 3.04. The molecule has 1 aromatic rings. The molecule has 0 aliphatic carbocycles. The quantitative estimate of drug-likeness (QED) is 0.429. The van der Waals surface area contributed by atoms with Crippen molar-refractivity contribution in [1.82, 2.24) is 9.47 Å². The molecule has 8 nitrogen and oxygen atoms in total. The van der Waals surface area contributed by atoms with Crippen molar-refractivity contribution in [2.45, 2.75) is 0 Å². The number of hydrogen-bond acceptors (Lipinski definition) is 5. The van der Waals surface area contributed by atoms with Crippen LogP contribution in [-0.4, -0.2) is 29.6 Å². The molecule has 0 saturated heterocycles. The van der Waals surface area contributed by atoms with Gasteiger partial charge in [0.15, 0.2) is 0 Å². The lowest BCUT2D eigenvalue weighted by Crippen LogP contribution is -2.68. The van der Waals surface area contributed by atoms with Gasteiger partial charge in [0.25, 0.3) is 6.33 Å². The average Bonchev–Trinajstić information content (AvgIpc) is 2.47. The normalized spacial score (nSPS) is 10.4. The van der Waals surface area contributed by atoms with E-state index >= 15 is 0 Å². The van der Waals surface area contributed by atoms with Gasteiger partial charge in [-0.1, -0.05) is 0 Å². The zero-order chi connectivity index (χ0) is 12.9. The third-order valence-electron chi connectivity index (χ3n) is 1.37. The fourth-order valence-corrected chi connectivity index (χ4v) is 0.794. The Morgan fingerprint density at radius 1 is 1.31 bits per heavy atom. The standard InChI is InChI=1S/C7H12N3O.ClHO4/c1-8(2)7(11)10-5-4-9(3)6-10;2-1(3,4)5/h4-6H,1-3H3;(H,2,3,4,5)/q+1;/p-1. The summed E-state index contributed by atoms with van der Waals surface area (Å²) in [6.07, 6.45) is 5.27. The molecule has 0 unspecified atom stereocenters. The van der Waals surface area contributed by atoms with Crippen LogP contribution in [0.2, 0.25) is 0 Å². The Hall–Kier alpha value is -1.19. The predicted molar refractivity (Wildman–Crippen MR) is 40.1 cm³/mol. The summed E-state index contributed by atoms with van der Waals surface area (Å²) in [7, 11) is 0.379. The molecule has 9 heteroatoms. The van der Waals surface area contributed by atoms with Crippen molar-refractivity contribution in [3.63, 3.8) is 0 Å². The fourth-order valence-electron chi connectivity index (χ4n) is 0.794. The van der Waals surface area contributed by atoms with Crippen LogP contribution in [-0.2, 0) is 7.05 Å². The summed E-state index contributed by atoms with van der Waals surface area (Å²) in [5.41, 5.74) is 0. The van der Waals surface area contributed by atoms with Crippen molar-refractivity contribution in [2.75, 3.05) is 14.1 Å². The van der Waals surface area contributed by atoms with Gasteiger partial charge in [-0.2, -0.15) is 4.57 Å². The number of nitrogens with zero attached hydrogens (tertiary/aromatic N) is 3. The number of halogens is 1. The Bertz CT molecular complexity index is 340. The number of aromatic nitrogens is 2. The first kappa shape index (κ1) is 14.8. The van der Waals surface area contributed by atoms with Gasteiger partial charge in [0, 0.05) is 14.1 Å². The van der Waals surface area contributed by atoms with Crippen molar-refractivity contribution in [3.05, 3.63) is 18.7 Å². The van der Waals surface area contributed by atoms with E-state index in [1.165, 1.54) is 9.47 Å². The summed E-state index contributed by atoms with van der Waals surface area (Å²) in [4.78, 5) is 12.8. The Morgan fingerprint density at radius 2 is 1.75 bits per heavy atom. The lowest BCUT2D eigenvalue weighted by Gasteiger charge is -2.17. The Balaban J connectivity index is 0.000000385. The molecule has 0 bridgehead atoms. The maximum absolute atomic E-state index is 11.2. The monoisotopic (exact) mass is 253 g/mol. The molecule has 1 amide bonds. The van der Waals surface area contributed by atoms with Crippen LogP contribution in [0.5, 0.6) is 0 Å². The molecule has 0 aliphatic rings. The molecule has 1 aromatic heterocycles. The number of aryl methyl sites for hydroxylation is 1. The van der Waals surface area contributed by atoms with Crippen molar-refractivity contribution < 1.29 is 38.2 Å². The minimum Gasteiger partial charge on any atom is -0.310 e. The second-order valence-corrected chi connectivity index (χ2v) is 3.80. The van der Waals surface area contributed by atoms with E-state index in [4.69, 9.17) is 18.6 Å². The molecule has 0 spiro atoms. The number of amides is 1. The van der Waals surface area contributed by atoms with Gasteiger partial charge in [0.05, 0.1) is 7.05 Å². The van der Waals surface area contributed by atoms with Gasteiger partial charge in [0.1, 0.15) is 12.4 Å². The highest BCUT2D eigenvalue weighted by molar-refractivity contribution is 5.75. The number of rotatable bonds is 0. The van der Waals surface area contributed by atoms with Crippen molar-refractivity contribution in [1.29, 1.82) is 0 Å². The van der Waals surface area contributed by atoms with Crippen LogP contribution < -0.4 is 23.2 Å². The Kier molecular flexibility index (Phi) is 5.35. The van der Waals surface area contributed by atoms with E-state index in [1.54, 1.807) is 26.6 Å². The molecular formula is C7H12ClN3O5. The largest absolute Gasteiger partial charge is 0.415 e. The Labute approximate surface area is 94.3 Å². The molecule has 1 heterocycles. The first-order chi connectivity index (χ1) is 7.11. The average molecular weight is 254 g/mol. The van der Waals surface area contributed by atoms with E-state index in [9.17, 15) is 4.79 Å². The van der Waals surface area contributed by atoms with Crippen LogP contribution in [0.1, 0.15) is 0 Å². The molecule has 0 N–H and O–H groups in total. The maximum Gasteiger partial charge on any atom is 0.415 e. The van der Waals surface area contributed by atoms with E-state index < -0.39 is 10.2 Å². The summed E-state index contributed by atoms with van der Waals surface area (Å²) in [6.45, 7) is 0. The SMILES string of the molecule is CN(C)C(=O)n1cc[n+](C)c1.[O-][Cl+3]([O-])([O-])[O-]. The first-order valence-electron chi connectivity index (χ1n) is 3.98. The van der Waals surface area contributed by atoms with E-state index in [-0.39, 0.29) is 6.03 Å². The van der Waals surface area contributed by atoms with E-state index in [2.05, 4.69) is 0 Å². The van der Waals surface area contributed by atoms with Crippen LogP contribution in [0.15, 0.2) is 18.7 Å². The van der Waals surface area contributed by atoms with Crippen LogP contribution in [0.3, 0.4) is 0 Å². The summed E-state index contributed by atoms with van der Waals surface area (Å²) < 4.78 is 37.3. The number of hydrogen-bond donors (Lipinski definition) is 0. The fraction of sp³-hybridized carbons (Fsp3) is 0.429. The molecule has 16 heavy (non-hydrogen) atoms. The lowest BCUT2D eigenvalue weighted by molar-refractivity contribution is -2.00. The molecule has 0 fully saturated rings. The van der Waals surface area contributed by atoms with Gasteiger partial charge in [-0.15, -0.1) is 10.2 Å². The van der Waals surface area contributed by atoms with E-state index in [1.807, 2.05) is 17.8 Å². The van der Waals surface area contributed by atoms with E-state index in [0.29, 0.717) is 0 Å². The van der Waals surface area contributed by atoms with Gasteiger partial charge in [-0.3, -0.25) is 0 Å². The first-order valence-corrected chi connectivity index (χ1v) is 5.21. The van der Waals surface area contributed by atoms with Gasteiger partial charge in [0.2, 0.25) is 0 Å². The van der Waals surface area contributed by atoms with Crippen LogP contribution in [0.4, 0.5) is 4.79 Å². The highest BCUT2D eigenvalue weighted by Gasteiger charge is 2.12. The van der Waals surface area contributed by atoms with Gasteiger partial charge in [-0.05, 0) is 0 Å². The molecule has 1 rings (SSSR count). The van der Waals surface area contributed by atoms with Crippen LogP contribution in [0, 0.1) is 10.2 Å². The lowest BCUT2D eigenvalue weighted by atomic mass is 10.8.